The number of nitrogens with one attached hydrogen (secondary N) is 1. The Kier molecular flexibility index (Phi) is 3.29. The van der Waals surface area contributed by atoms with Gasteiger partial charge in [-0.25, -0.2) is 4.98 Å². The molecule has 2 aromatic rings. The van der Waals surface area contributed by atoms with Crippen molar-refractivity contribution in [2.24, 2.45) is 0 Å². The van der Waals surface area contributed by atoms with Crippen LogP contribution in [0.1, 0.15) is 17.6 Å². The fourth-order valence-electron chi connectivity index (χ4n) is 1.87. The van der Waals surface area contributed by atoms with Crippen LogP contribution in [0.25, 0.3) is 11.5 Å². The fourth-order valence-corrected chi connectivity index (χ4v) is 2.80. The van der Waals surface area contributed by atoms with Gasteiger partial charge >= 0.3 is 0 Å². The highest BCUT2D eigenvalue weighted by Gasteiger charge is 2.21. The number of thioether (sulfide) groups is 1. The number of aryl methyl sites for hydroxylation is 1. The van der Waals surface area contributed by atoms with Gasteiger partial charge in [-0.3, -0.25) is 0 Å². The molecule has 1 N–H and O–H groups in total. The lowest BCUT2D eigenvalue weighted by molar-refractivity contribution is 0.342. The summed E-state index contributed by atoms with van der Waals surface area (Å²) in [6.45, 7) is 2.93. The van der Waals surface area contributed by atoms with Crippen LogP contribution in [0, 0.1) is 6.92 Å². The maximum atomic E-state index is 5.32. The van der Waals surface area contributed by atoms with Crippen LogP contribution in [0.3, 0.4) is 0 Å². The van der Waals surface area contributed by atoms with E-state index < -0.39 is 0 Å². The van der Waals surface area contributed by atoms with Crippen molar-refractivity contribution in [1.29, 1.82) is 0 Å². The zero-order valence-corrected chi connectivity index (χ0v) is 10.9. The van der Waals surface area contributed by atoms with Gasteiger partial charge in [-0.05, 0) is 19.1 Å². The second-order valence-corrected chi connectivity index (χ2v) is 5.35. The van der Waals surface area contributed by atoms with Crippen LogP contribution in [0.5, 0.6) is 0 Å². The zero-order valence-electron chi connectivity index (χ0n) is 10.1. The third-order valence-corrected chi connectivity index (χ3v) is 3.84. The Morgan fingerprint density at radius 3 is 3.11 bits per heavy atom. The predicted molar refractivity (Wildman–Crippen MR) is 70.3 cm³/mol. The first-order valence-electron chi connectivity index (χ1n) is 5.92. The second kappa shape index (κ2) is 5.07. The van der Waals surface area contributed by atoms with Gasteiger partial charge in [0, 0.05) is 23.7 Å². The largest absolute Gasteiger partial charge is 0.337 e. The van der Waals surface area contributed by atoms with Gasteiger partial charge in [0.2, 0.25) is 11.7 Å². The van der Waals surface area contributed by atoms with Gasteiger partial charge in [-0.1, -0.05) is 11.2 Å². The Morgan fingerprint density at radius 2 is 2.33 bits per heavy atom. The number of aromatic nitrogens is 3. The summed E-state index contributed by atoms with van der Waals surface area (Å²) in [5.41, 5.74) is 1.71. The molecule has 0 aliphatic carbocycles. The van der Waals surface area contributed by atoms with E-state index in [1.807, 2.05) is 36.9 Å². The molecule has 0 amide bonds. The topological polar surface area (TPSA) is 63.8 Å². The van der Waals surface area contributed by atoms with E-state index in [1.54, 1.807) is 0 Å². The van der Waals surface area contributed by atoms with E-state index in [1.165, 1.54) is 0 Å². The summed E-state index contributed by atoms with van der Waals surface area (Å²) in [5.74, 6) is 3.33. The highest BCUT2D eigenvalue weighted by atomic mass is 32.2. The molecule has 18 heavy (non-hydrogen) atoms. The molecule has 0 radical (unpaired) electrons. The molecule has 3 heterocycles. The van der Waals surface area contributed by atoms with Crippen molar-refractivity contribution in [2.75, 3.05) is 18.1 Å². The van der Waals surface area contributed by atoms with Crippen LogP contribution in [0.4, 0.5) is 0 Å². The van der Waals surface area contributed by atoms with E-state index in [-0.39, 0.29) is 6.04 Å². The summed E-state index contributed by atoms with van der Waals surface area (Å²) in [6.07, 6.45) is 0. The Balaban J connectivity index is 1.84. The lowest BCUT2D eigenvalue weighted by Crippen LogP contribution is -2.30. The van der Waals surface area contributed by atoms with Gasteiger partial charge in [0.05, 0.1) is 6.04 Å². The number of hydrogen-bond donors (Lipinski definition) is 1. The molecular formula is C12H14N4OS. The molecule has 3 rings (SSSR count). The van der Waals surface area contributed by atoms with Gasteiger partial charge in [-0.15, -0.1) is 0 Å². The molecule has 5 nitrogen and oxygen atoms in total. The molecule has 94 valence electrons. The molecular weight excluding hydrogens is 248 g/mol. The standard InChI is InChI=1S/C12H14N4OS/c1-8-3-2-4-9(14-8)11-15-12(17-16-11)10-7-18-6-5-13-10/h2-4,10,13H,5-7H2,1H3. The SMILES string of the molecule is Cc1cccc(-c2noc(C3CSCCN3)n2)n1. The predicted octanol–water partition coefficient (Wildman–Crippen LogP) is 1.82. The molecule has 0 spiro atoms. The van der Waals surface area contributed by atoms with Crippen molar-refractivity contribution in [3.8, 4) is 11.5 Å². The molecule has 0 saturated carbocycles. The molecule has 0 aromatic carbocycles. The molecule has 6 heteroatoms. The molecule has 2 aromatic heterocycles. The van der Waals surface area contributed by atoms with E-state index in [4.69, 9.17) is 4.52 Å². The smallest absolute Gasteiger partial charge is 0.244 e. The molecule has 1 atom stereocenters. The molecule has 1 aliphatic heterocycles. The molecule has 1 saturated heterocycles. The average molecular weight is 262 g/mol. The van der Waals surface area contributed by atoms with Crippen molar-refractivity contribution >= 4 is 11.8 Å². The molecule has 1 unspecified atom stereocenters. The van der Waals surface area contributed by atoms with E-state index >= 15 is 0 Å². The minimum Gasteiger partial charge on any atom is -0.337 e. The maximum absolute atomic E-state index is 5.32. The molecule has 1 aliphatic rings. The van der Waals surface area contributed by atoms with Crippen molar-refractivity contribution in [3.63, 3.8) is 0 Å². The Morgan fingerprint density at radius 1 is 1.39 bits per heavy atom. The maximum Gasteiger partial charge on any atom is 0.244 e. The summed E-state index contributed by atoms with van der Waals surface area (Å²) in [5, 5.41) is 7.38. The highest BCUT2D eigenvalue weighted by molar-refractivity contribution is 7.99. The second-order valence-electron chi connectivity index (χ2n) is 4.20. The van der Waals surface area contributed by atoms with Gasteiger partial charge in [0.15, 0.2) is 0 Å². The van der Waals surface area contributed by atoms with Crippen molar-refractivity contribution < 1.29 is 4.52 Å². The van der Waals surface area contributed by atoms with Crippen LogP contribution in [-0.2, 0) is 0 Å². The van der Waals surface area contributed by atoms with Gasteiger partial charge < -0.3 is 9.84 Å². The molecule has 1 fully saturated rings. The van der Waals surface area contributed by atoms with Crippen LogP contribution in [-0.4, -0.2) is 33.2 Å². The monoisotopic (exact) mass is 262 g/mol. The Hall–Kier alpha value is -1.40. The lowest BCUT2D eigenvalue weighted by atomic mass is 10.3. The van der Waals surface area contributed by atoms with Gasteiger partial charge in [0.25, 0.3) is 0 Å². The number of rotatable bonds is 2. The van der Waals surface area contributed by atoms with Gasteiger partial charge in [0.1, 0.15) is 5.69 Å². The zero-order chi connectivity index (χ0) is 12.4. The third-order valence-electron chi connectivity index (χ3n) is 2.78. The summed E-state index contributed by atoms with van der Waals surface area (Å²) in [4.78, 5) is 8.82. The van der Waals surface area contributed by atoms with Crippen LogP contribution >= 0.6 is 11.8 Å². The summed E-state index contributed by atoms with van der Waals surface area (Å²) in [6, 6.07) is 5.95. The quantitative estimate of drug-likeness (QED) is 0.890. The summed E-state index contributed by atoms with van der Waals surface area (Å²) >= 11 is 1.90. The van der Waals surface area contributed by atoms with Crippen LogP contribution in [0.2, 0.25) is 0 Å². The van der Waals surface area contributed by atoms with Crippen molar-refractivity contribution in [1.82, 2.24) is 20.4 Å². The average Bonchev–Trinajstić information content (AvgIpc) is 2.89. The van der Waals surface area contributed by atoms with E-state index in [2.05, 4.69) is 20.4 Å². The first-order chi connectivity index (χ1) is 8.83. The van der Waals surface area contributed by atoms with E-state index in [0.29, 0.717) is 11.7 Å². The minimum atomic E-state index is 0.162. The fraction of sp³-hybridized carbons (Fsp3) is 0.417. The van der Waals surface area contributed by atoms with Crippen molar-refractivity contribution in [3.05, 3.63) is 29.8 Å². The Bertz CT molecular complexity index is 536. The minimum absolute atomic E-state index is 0.162. The van der Waals surface area contributed by atoms with Crippen LogP contribution < -0.4 is 5.32 Å². The van der Waals surface area contributed by atoms with E-state index in [9.17, 15) is 0 Å². The summed E-state index contributed by atoms with van der Waals surface area (Å²) in [7, 11) is 0. The number of nitrogens with zero attached hydrogens (tertiary/aromatic N) is 3. The Labute approximate surface area is 109 Å². The lowest BCUT2D eigenvalue weighted by Gasteiger charge is -2.19. The van der Waals surface area contributed by atoms with E-state index in [0.717, 1.165) is 29.4 Å². The third kappa shape index (κ3) is 2.39. The number of pyridine rings is 1. The first-order valence-corrected chi connectivity index (χ1v) is 7.07. The van der Waals surface area contributed by atoms with Gasteiger partial charge in [-0.2, -0.15) is 16.7 Å². The number of hydrogen-bond acceptors (Lipinski definition) is 6. The normalized spacial score (nSPS) is 19.9. The highest BCUT2D eigenvalue weighted by Crippen LogP contribution is 2.22. The van der Waals surface area contributed by atoms with Crippen molar-refractivity contribution in [2.45, 2.75) is 13.0 Å². The molecule has 0 bridgehead atoms. The van der Waals surface area contributed by atoms with Crippen LogP contribution in [0.15, 0.2) is 22.7 Å². The first kappa shape index (κ1) is 11.7. The summed E-state index contributed by atoms with van der Waals surface area (Å²) < 4.78 is 5.32.